The number of imidazole rings is 2. The van der Waals surface area contributed by atoms with Gasteiger partial charge >= 0.3 is 12.2 Å². The van der Waals surface area contributed by atoms with Gasteiger partial charge in [-0.05, 0) is 90.6 Å². The van der Waals surface area contributed by atoms with E-state index in [2.05, 4.69) is 81.3 Å². The van der Waals surface area contributed by atoms with Gasteiger partial charge in [-0.3, -0.25) is 9.59 Å². The number of H-pyrrole nitrogens is 2. The van der Waals surface area contributed by atoms with Crippen LogP contribution in [0.1, 0.15) is 88.7 Å². The lowest BCUT2D eigenvalue weighted by atomic mass is 9.98. The average molecular weight is 851 g/mol. The smallest absolute Gasteiger partial charge is 0.408 e. The number of alkyl carbamates (subject to hydrolysis) is 2. The number of fused-ring (bicyclic) bond motifs is 1. The first-order chi connectivity index (χ1) is 30.5. The van der Waals surface area contributed by atoms with E-state index in [1.165, 1.54) is 7.11 Å². The van der Waals surface area contributed by atoms with Crippen LogP contribution in [0.25, 0.3) is 44.4 Å². The molecule has 0 radical (unpaired) electrons. The highest BCUT2D eigenvalue weighted by Crippen LogP contribution is 2.36. The molecule has 2 aliphatic heterocycles. The van der Waals surface area contributed by atoms with Crippen LogP contribution in [0.3, 0.4) is 0 Å². The number of benzene rings is 4. The minimum absolute atomic E-state index is 0.109. The fraction of sp³-hybridized carbons (Fsp3) is 0.347. The van der Waals surface area contributed by atoms with Gasteiger partial charge in [0.2, 0.25) is 5.91 Å². The highest BCUT2D eigenvalue weighted by molar-refractivity contribution is 5.91. The molecular weight excluding hydrogens is 797 g/mol. The number of nitrogens with one attached hydrogen (secondary N) is 4. The first-order valence-corrected chi connectivity index (χ1v) is 21.7. The zero-order chi connectivity index (χ0) is 44.2. The summed E-state index contributed by atoms with van der Waals surface area (Å²) in [7, 11) is 1.29. The minimum Gasteiger partial charge on any atom is -0.453 e. The summed E-state index contributed by atoms with van der Waals surface area (Å²) in [4.78, 5) is 72.4. The van der Waals surface area contributed by atoms with Gasteiger partial charge in [-0.1, -0.05) is 92.7 Å². The van der Waals surface area contributed by atoms with Gasteiger partial charge in [0.1, 0.15) is 23.7 Å². The van der Waals surface area contributed by atoms with Crippen LogP contribution in [0, 0.1) is 5.92 Å². The van der Waals surface area contributed by atoms with Gasteiger partial charge in [0.05, 0.1) is 49.1 Å². The molecule has 14 nitrogen and oxygen atoms in total. The lowest BCUT2D eigenvalue weighted by Crippen LogP contribution is -2.51. The zero-order valence-corrected chi connectivity index (χ0v) is 36.3. The van der Waals surface area contributed by atoms with Crippen LogP contribution in [0.4, 0.5) is 9.59 Å². The van der Waals surface area contributed by atoms with Crippen LogP contribution in [0.15, 0.2) is 103 Å². The normalized spacial score (nSPS) is 17.3. The number of methoxy groups -OCH3 is 1. The highest BCUT2D eigenvalue weighted by Gasteiger charge is 2.39. The van der Waals surface area contributed by atoms with Crippen molar-refractivity contribution in [2.75, 3.05) is 20.2 Å². The van der Waals surface area contributed by atoms with Crippen molar-refractivity contribution in [1.29, 1.82) is 0 Å². The van der Waals surface area contributed by atoms with Gasteiger partial charge in [0.25, 0.3) is 5.91 Å². The Kier molecular flexibility index (Phi) is 12.6. The highest BCUT2D eigenvalue weighted by atomic mass is 16.6. The molecule has 8 rings (SSSR count). The molecule has 14 heteroatoms. The first-order valence-electron chi connectivity index (χ1n) is 21.7. The van der Waals surface area contributed by atoms with Crippen molar-refractivity contribution in [3.05, 3.63) is 121 Å². The van der Waals surface area contributed by atoms with E-state index in [1.54, 1.807) is 18.7 Å². The molecule has 4 heterocycles. The molecule has 4 aromatic carbocycles. The van der Waals surface area contributed by atoms with Crippen molar-refractivity contribution in [3.8, 4) is 33.6 Å². The Hall–Kier alpha value is -6.96. The van der Waals surface area contributed by atoms with E-state index in [0.29, 0.717) is 24.5 Å². The average Bonchev–Trinajstić information content (AvgIpc) is 4.14. The SMILES string of the molecule is COC(=O)N[C@H](C(=O)N1CCC[C@H]1c1ncc(-c2ccc3cc(-c4ccc(-c5cnc(C6CCCN6C(=O)[C@H](NC(=O)OC(C)C)c6ccccc6)[nH]5)cc4)ccc3c2)[nH]1)C(C)C. The molecule has 0 bridgehead atoms. The van der Waals surface area contributed by atoms with Gasteiger partial charge in [-0.2, -0.15) is 0 Å². The van der Waals surface area contributed by atoms with Crippen molar-refractivity contribution in [2.24, 2.45) is 5.92 Å². The monoisotopic (exact) mass is 850 g/mol. The van der Waals surface area contributed by atoms with E-state index in [1.807, 2.05) is 61.5 Å². The number of rotatable bonds is 12. The number of likely N-dealkylation sites (tertiary alicyclic amines) is 2. The molecule has 0 aliphatic carbocycles. The van der Waals surface area contributed by atoms with E-state index in [4.69, 9.17) is 19.4 Å². The number of ether oxygens (including phenoxy) is 2. The summed E-state index contributed by atoms with van der Waals surface area (Å²) in [5.74, 6) is 0.978. The van der Waals surface area contributed by atoms with Crippen LogP contribution in [0.5, 0.6) is 0 Å². The first kappa shape index (κ1) is 42.7. The Morgan fingerprint density at radius 2 is 1.19 bits per heavy atom. The summed E-state index contributed by atoms with van der Waals surface area (Å²) in [6.07, 6.45) is 5.24. The van der Waals surface area contributed by atoms with Crippen LogP contribution >= 0.6 is 0 Å². The molecule has 326 valence electrons. The summed E-state index contributed by atoms with van der Waals surface area (Å²) in [5, 5.41) is 7.69. The van der Waals surface area contributed by atoms with Gasteiger partial charge < -0.3 is 39.9 Å². The number of amides is 4. The molecule has 2 fully saturated rings. The molecule has 2 aliphatic rings. The zero-order valence-electron chi connectivity index (χ0n) is 36.3. The molecule has 1 unspecified atom stereocenters. The topological polar surface area (TPSA) is 175 Å². The molecule has 0 spiro atoms. The summed E-state index contributed by atoms with van der Waals surface area (Å²) >= 11 is 0. The minimum atomic E-state index is -0.890. The second-order valence-corrected chi connectivity index (χ2v) is 16.9. The quantitative estimate of drug-likeness (QED) is 0.0945. The van der Waals surface area contributed by atoms with Crippen molar-refractivity contribution >= 4 is 34.8 Å². The number of nitrogens with zero attached hydrogens (tertiary/aromatic N) is 4. The fourth-order valence-corrected chi connectivity index (χ4v) is 8.71. The lowest BCUT2D eigenvalue weighted by molar-refractivity contribution is -0.136. The molecule has 0 saturated carbocycles. The molecule has 4 amide bonds. The van der Waals surface area contributed by atoms with E-state index in [0.717, 1.165) is 75.9 Å². The number of aromatic nitrogens is 4. The van der Waals surface area contributed by atoms with Crippen LogP contribution in [-0.2, 0) is 19.1 Å². The fourth-order valence-electron chi connectivity index (χ4n) is 8.71. The molecular formula is C49H54N8O6. The molecule has 63 heavy (non-hydrogen) atoms. The maximum Gasteiger partial charge on any atom is 0.408 e. The summed E-state index contributed by atoms with van der Waals surface area (Å²) in [6.45, 7) is 8.49. The van der Waals surface area contributed by atoms with Crippen molar-refractivity contribution in [1.82, 2.24) is 40.4 Å². The van der Waals surface area contributed by atoms with E-state index in [-0.39, 0.29) is 35.9 Å². The van der Waals surface area contributed by atoms with Crippen LogP contribution in [0.2, 0.25) is 0 Å². The van der Waals surface area contributed by atoms with Crippen LogP contribution < -0.4 is 10.6 Å². The van der Waals surface area contributed by atoms with Gasteiger partial charge in [-0.25, -0.2) is 19.6 Å². The van der Waals surface area contributed by atoms with Gasteiger partial charge in [0, 0.05) is 18.7 Å². The summed E-state index contributed by atoms with van der Waals surface area (Å²) in [6, 6.07) is 28.3. The number of hydrogen-bond donors (Lipinski definition) is 4. The molecule has 2 aromatic heterocycles. The van der Waals surface area contributed by atoms with E-state index >= 15 is 0 Å². The predicted octanol–water partition coefficient (Wildman–Crippen LogP) is 8.87. The second kappa shape index (κ2) is 18.6. The van der Waals surface area contributed by atoms with Crippen molar-refractivity contribution < 1.29 is 28.7 Å². The van der Waals surface area contributed by atoms with E-state index < -0.39 is 24.3 Å². The Bertz CT molecular complexity index is 2590. The Balaban J connectivity index is 0.939. The van der Waals surface area contributed by atoms with Crippen molar-refractivity contribution in [3.63, 3.8) is 0 Å². The number of carbonyl (C=O) groups is 4. The Morgan fingerprint density at radius 1 is 0.651 bits per heavy atom. The predicted molar refractivity (Wildman–Crippen MR) is 240 cm³/mol. The second-order valence-electron chi connectivity index (χ2n) is 16.9. The maximum absolute atomic E-state index is 14.1. The third kappa shape index (κ3) is 9.30. The Labute approximate surface area is 366 Å². The molecule has 4 atom stereocenters. The largest absolute Gasteiger partial charge is 0.453 e. The maximum atomic E-state index is 14.1. The summed E-state index contributed by atoms with van der Waals surface area (Å²) < 4.78 is 10.1. The van der Waals surface area contributed by atoms with Crippen molar-refractivity contribution in [2.45, 2.75) is 83.6 Å². The molecule has 6 aromatic rings. The number of hydrogen-bond acceptors (Lipinski definition) is 8. The standard InChI is InChI=1S/C49H54N8O6/c1-29(2)42(54-48(60)62-5)46(58)56-23-9-13-40(56)45-51-28-39(53-45)37-22-21-35-25-34(19-20-36(35)26-37)31-15-17-32(18-16-31)38-27-50-44(52-38)41-14-10-24-57(41)47(59)43(33-11-7-6-8-12-33)55-49(61)63-30(3)4/h6-8,11-12,15-22,25-30,40-43H,9-10,13-14,23-24H2,1-5H3,(H,50,52)(H,51,53)(H,54,60)(H,55,61)/t40-,41?,42-,43+/m0/s1. The van der Waals surface area contributed by atoms with Crippen LogP contribution in [-0.4, -0.2) is 86.1 Å². The summed E-state index contributed by atoms with van der Waals surface area (Å²) in [5.41, 5.74) is 6.52. The van der Waals surface area contributed by atoms with Gasteiger partial charge in [0.15, 0.2) is 0 Å². The third-order valence-corrected chi connectivity index (χ3v) is 12.0. The van der Waals surface area contributed by atoms with Gasteiger partial charge in [-0.15, -0.1) is 0 Å². The molecule has 2 saturated heterocycles. The third-order valence-electron chi connectivity index (χ3n) is 12.0. The number of aromatic amines is 2. The Morgan fingerprint density at radius 3 is 1.78 bits per heavy atom. The molecule has 4 N–H and O–H groups in total. The lowest BCUT2D eigenvalue weighted by Gasteiger charge is -2.30. The van der Waals surface area contributed by atoms with E-state index in [9.17, 15) is 19.2 Å². The number of carbonyl (C=O) groups excluding carboxylic acids is 4.